The lowest BCUT2D eigenvalue weighted by Crippen LogP contribution is -2.49. The molecule has 0 unspecified atom stereocenters. The Labute approximate surface area is 117 Å². The smallest absolute Gasteiger partial charge is 0.241 e. The number of furan rings is 1. The molecule has 0 aromatic carbocycles. The zero-order valence-corrected chi connectivity index (χ0v) is 11.5. The lowest BCUT2D eigenvalue weighted by atomic mass is 10.2. The number of halogens is 1. The van der Waals surface area contributed by atoms with Crippen molar-refractivity contribution in [1.29, 1.82) is 0 Å². The largest absolute Gasteiger partial charge is 0.472 e. The molecule has 0 amide bonds. The Morgan fingerprint density at radius 1 is 1.53 bits per heavy atom. The zero-order valence-electron chi connectivity index (χ0n) is 10.7. The molecule has 104 valence electrons. The molecule has 1 aliphatic heterocycles. The normalized spacial score (nSPS) is 20.2. The van der Waals surface area contributed by atoms with Crippen molar-refractivity contribution in [3.8, 4) is 11.4 Å². The van der Waals surface area contributed by atoms with Crippen LogP contribution < -0.4 is 5.32 Å². The molecule has 0 radical (unpaired) electrons. The topological polar surface area (TPSA) is 67.3 Å². The maximum Gasteiger partial charge on any atom is 0.241 e. The van der Waals surface area contributed by atoms with Crippen LogP contribution in [-0.2, 0) is 6.54 Å². The highest BCUT2D eigenvalue weighted by Gasteiger charge is 2.20. The van der Waals surface area contributed by atoms with Gasteiger partial charge in [0.25, 0.3) is 0 Å². The maximum atomic E-state index is 5.27. The minimum absolute atomic E-state index is 0. The van der Waals surface area contributed by atoms with E-state index < -0.39 is 0 Å². The van der Waals surface area contributed by atoms with E-state index in [9.17, 15) is 0 Å². The van der Waals surface area contributed by atoms with Gasteiger partial charge >= 0.3 is 0 Å². The maximum absolute atomic E-state index is 5.27. The van der Waals surface area contributed by atoms with E-state index in [1.807, 2.05) is 6.07 Å². The van der Waals surface area contributed by atoms with Crippen LogP contribution >= 0.6 is 12.4 Å². The van der Waals surface area contributed by atoms with Gasteiger partial charge in [-0.05, 0) is 13.0 Å². The average molecular weight is 285 g/mol. The summed E-state index contributed by atoms with van der Waals surface area (Å²) < 4.78 is 10.3. The summed E-state index contributed by atoms with van der Waals surface area (Å²) in [6.07, 6.45) is 3.21. The van der Waals surface area contributed by atoms with Crippen molar-refractivity contribution in [2.75, 3.05) is 19.6 Å². The second-order valence-electron chi connectivity index (χ2n) is 4.55. The van der Waals surface area contributed by atoms with Crippen LogP contribution in [0.5, 0.6) is 0 Å². The molecular formula is C12H17ClN4O2. The van der Waals surface area contributed by atoms with Crippen molar-refractivity contribution in [3.05, 3.63) is 24.5 Å². The van der Waals surface area contributed by atoms with Crippen molar-refractivity contribution in [1.82, 2.24) is 20.4 Å². The number of hydrogen-bond donors (Lipinski definition) is 1. The molecule has 3 heterocycles. The Balaban J connectivity index is 0.00000133. The molecular weight excluding hydrogens is 268 g/mol. The highest BCUT2D eigenvalue weighted by molar-refractivity contribution is 5.85. The fourth-order valence-electron chi connectivity index (χ4n) is 2.12. The van der Waals surface area contributed by atoms with Crippen LogP contribution in [-0.4, -0.2) is 40.7 Å². The molecule has 2 aromatic rings. The molecule has 1 saturated heterocycles. The summed E-state index contributed by atoms with van der Waals surface area (Å²) in [5.74, 6) is 1.24. The first-order chi connectivity index (χ1) is 8.83. The van der Waals surface area contributed by atoms with Gasteiger partial charge in [0.2, 0.25) is 11.7 Å². The van der Waals surface area contributed by atoms with Gasteiger partial charge in [0.15, 0.2) is 0 Å². The summed E-state index contributed by atoms with van der Waals surface area (Å²) in [5.41, 5.74) is 0.846. The Hall–Kier alpha value is -1.37. The molecule has 1 aliphatic rings. The van der Waals surface area contributed by atoms with Gasteiger partial charge in [-0.3, -0.25) is 4.90 Å². The average Bonchev–Trinajstić information content (AvgIpc) is 3.02. The van der Waals surface area contributed by atoms with Gasteiger partial charge in [0.1, 0.15) is 6.26 Å². The van der Waals surface area contributed by atoms with E-state index in [2.05, 4.69) is 27.3 Å². The molecule has 2 aromatic heterocycles. The van der Waals surface area contributed by atoms with Gasteiger partial charge < -0.3 is 14.3 Å². The highest BCUT2D eigenvalue weighted by Crippen LogP contribution is 2.17. The number of nitrogens with zero attached hydrogens (tertiary/aromatic N) is 3. The Kier molecular flexibility index (Phi) is 4.57. The van der Waals surface area contributed by atoms with Crippen molar-refractivity contribution in [2.45, 2.75) is 19.5 Å². The van der Waals surface area contributed by atoms with Crippen LogP contribution in [0.15, 0.2) is 27.5 Å². The SMILES string of the molecule is C[C@H]1CNCCN1Cc1nc(-c2ccoc2)no1.Cl. The van der Waals surface area contributed by atoms with Crippen LogP contribution in [0, 0.1) is 0 Å². The van der Waals surface area contributed by atoms with E-state index in [1.165, 1.54) is 0 Å². The van der Waals surface area contributed by atoms with Crippen molar-refractivity contribution in [3.63, 3.8) is 0 Å². The van der Waals surface area contributed by atoms with E-state index in [0.717, 1.165) is 25.2 Å². The van der Waals surface area contributed by atoms with Gasteiger partial charge in [0, 0.05) is 25.7 Å². The number of rotatable bonds is 3. The van der Waals surface area contributed by atoms with Gasteiger partial charge in [0.05, 0.1) is 18.4 Å². The molecule has 0 aliphatic carbocycles. The molecule has 6 nitrogen and oxygen atoms in total. The number of hydrogen-bond acceptors (Lipinski definition) is 6. The van der Waals surface area contributed by atoms with Gasteiger partial charge in [-0.2, -0.15) is 4.98 Å². The van der Waals surface area contributed by atoms with Gasteiger partial charge in [-0.25, -0.2) is 0 Å². The second kappa shape index (κ2) is 6.18. The molecule has 0 spiro atoms. The van der Waals surface area contributed by atoms with Crippen LogP contribution in [0.25, 0.3) is 11.4 Å². The van der Waals surface area contributed by atoms with Crippen LogP contribution in [0.1, 0.15) is 12.8 Å². The summed E-state index contributed by atoms with van der Waals surface area (Å²) >= 11 is 0. The van der Waals surface area contributed by atoms with E-state index >= 15 is 0 Å². The zero-order chi connectivity index (χ0) is 12.4. The molecule has 3 rings (SSSR count). The van der Waals surface area contributed by atoms with Crippen LogP contribution in [0.4, 0.5) is 0 Å². The highest BCUT2D eigenvalue weighted by atomic mass is 35.5. The number of aromatic nitrogens is 2. The van der Waals surface area contributed by atoms with Crippen molar-refractivity contribution < 1.29 is 8.94 Å². The standard InChI is InChI=1S/C12H16N4O2.ClH/c1-9-6-13-3-4-16(9)7-11-14-12(15-18-11)10-2-5-17-8-10;/h2,5,8-9,13H,3-4,6-7H2,1H3;1H/t9-;/m0./s1. The third kappa shape index (κ3) is 3.15. The van der Waals surface area contributed by atoms with Gasteiger partial charge in [-0.1, -0.05) is 5.16 Å². The Morgan fingerprint density at radius 2 is 2.42 bits per heavy atom. The minimum atomic E-state index is 0. The molecule has 0 bridgehead atoms. The van der Waals surface area contributed by atoms with Crippen molar-refractivity contribution >= 4 is 12.4 Å². The Morgan fingerprint density at radius 3 is 3.16 bits per heavy atom. The van der Waals surface area contributed by atoms with Crippen LogP contribution in [0.2, 0.25) is 0 Å². The third-order valence-electron chi connectivity index (χ3n) is 3.22. The predicted octanol–water partition coefficient (Wildman–Crippen LogP) is 1.55. The molecule has 1 fully saturated rings. The van der Waals surface area contributed by atoms with E-state index in [-0.39, 0.29) is 12.4 Å². The first kappa shape index (κ1) is 14.0. The van der Waals surface area contributed by atoms with E-state index in [4.69, 9.17) is 8.94 Å². The first-order valence-electron chi connectivity index (χ1n) is 6.13. The number of nitrogens with one attached hydrogen (secondary N) is 1. The van der Waals surface area contributed by atoms with E-state index in [0.29, 0.717) is 24.3 Å². The van der Waals surface area contributed by atoms with Gasteiger partial charge in [-0.15, -0.1) is 12.4 Å². The molecule has 1 N–H and O–H groups in total. The Bertz CT molecular complexity index is 500. The fraction of sp³-hybridized carbons (Fsp3) is 0.500. The molecule has 1 atom stereocenters. The fourth-order valence-corrected chi connectivity index (χ4v) is 2.12. The lowest BCUT2D eigenvalue weighted by molar-refractivity contribution is 0.146. The predicted molar refractivity (Wildman–Crippen MR) is 72.0 cm³/mol. The summed E-state index contributed by atoms with van der Waals surface area (Å²) in [4.78, 5) is 6.72. The molecule has 19 heavy (non-hydrogen) atoms. The lowest BCUT2D eigenvalue weighted by Gasteiger charge is -2.32. The van der Waals surface area contributed by atoms with E-state index in [1.54, 1.807) is 12.5 Å². The summed E-state index contributed by atoms with van der Waals surface area (Å²) in [7, 11) is 0. The quantitative estimate of drug-likeness (QED) is 0.922. The molecule has 7 heteroatoms. The minimum Gasteiger partial charge on any atom is -0.472 e. The van der Waals surface area contributed by atoms with Crippen molar-refractivity contribution in [2.24, 2.45) is 0 Å². The summed E-state index contributed by atoms with van der Waals surface area (Å²) in [6.45, 7) is 5.91. The monoisotopic (exact) mass is 284 g/mol. The second-order valence-corrected chi connectivity index (χ2v) is 4.55. The first-order valence-corrected chi connectivity index (χ1v) is 6.13. The molecule has 0 saturated carbocycles. The third-order valence-corrected chi connectivity index (χ3v) is 3.22. The summed E-state index contributed by atoms with van der Waals surface area (Å²) in [5, 5.41) is 7.32. The summed E-state index contributed by atoms with van der Waals surface area (Å²) in [6, 6.07) is 2.31. The number of piperazine rings is 1. The van der Waals surface area contributed by atoms with Crippen LogP contribution in [0.3, 0.4) is 0 Å².